The Morgan fingerprint density at radius 1 is 1.40 bits per heavy atom. The van der Waals surface area contributed by atoms with Crippen LogP contribution in [0.25, 0.3) is 0 Å². The summed E-state index contributed by atoms with van der Waals surface area (Å²) in [5, 5.41) is 3.35. The van der Waals surface area contributed by atoms with E-state index in [0.717, 1.165) is 25.3 Å². The van der Waals surface area contributed by atoms with Gasteiger partial charge < -0.3 is 5.32 Å². The van der Waals surface area contributed by atoms with Gasteiger partial charge in [-0.2, -0.15) is 0 Å². The Bertz CT molecular complexity index is 270. The van der Waals surface area contributed by atoms with Crippen molar-refractivity contribution in [1.82, 2.24) is 5.32 Å². The number of nitrogens with one attached hydrogen (secondary N) is 1. The summed E-state index contributed by atoms with van der Waals surface area (Å²) in [6.45, 7) is 3.03. The molecule has 90 valence electrons. The first-order valence-corrected chi connectivity index (χ1v) is 7.98. The van der Waals surface area contributed by atoms with Gasteiger partial charge in [0.05, 0.1) is 5.75 Å². The highest BCUT2D eigenvalue weighted by molar-refractivity contribution is 7.90. The second-order valence-corrected chi connectivity index (χ2v) is 6.96. The van der Waals surface area contributed by atoms with Crippen LogP contribution in [0.4, 0.5) is 0 Å². The van der Waals surface area contributed by atoms with Gasteiger partial charge in [0, 0.05) is 12.3 Å². The van der Waals surface area contributed by atoms with E-state index in [1.165, 1.54) is 25.5 Å². The van der Waals surface area contributed by atoms with Crippen LogP contribution < -0.4 is 5.32 Å². The molecule has 1 rings (SSSR count). The van der Waals surface area contributed by atoms with Crippen LogP contribution in [0.1, 0.15) is 39.0 Å². The van der Waals surface area contributed by atoms with Gasteiger partial charge in [0.1, 0.15) is 9.84 Å². The van der Waals surface area contributed by atoms with Crippen LogP contribution in [-0.4, -0.2) is 33.0 Å². The van der Waals surface area contributed by atoms with Crippen LogP contribution in [0.5, 0.6) is 0 Å². The highest BCUT2D eigenvalue weighted by atomic mass is 32.2. The zero-order valence-corrected chi connectivity index (χ0v) is 10.6. The number of rotatable bonds is 7. The second kappa shape index (κ2) is 5.85. The Balaban J connectivity index is 2.36. The molecule has 0 bridgehead atoms. The number of hydrogen-bond donors (Lipinski definition) is 1. The summed E-state index contributed by atoms with van der Waals surface area (Å²) < 4.78 is 22.5. The van der Waals surface area contributed by atoms with Crippen molar-refractivity contribution in [2.24, 2.45) is 5.92 Å². The van der Waals surface area contributed by atoms with Crippen molar-refractivity contribution in [2.75, 3.05) is 18.6 Å². The van der Waals surface area contributed by atoms with Crippen molar-refractivity contribution in [3.05, 3.63) is 0 Å². The third-order valence-corrected chi connectivity index (χ3v) is 4.04. The molecule has 1 aliphatic rings. The molecule has 1 atom stereocenters. The average Bonchev–Trinajstić information content (AvgIpc) is 2.04. The Labute approximate surface area is 93.6 Å². The zero-order chi connectivity index (χ0) is 11.3. The van der Waals surface area contributed by atoms with Crippen molar-refractivity contribution >= 4 is 9.84 Å². The summed E-state index contributed by atoms with van der Waals surface area (Å²) in [6, 6.07) is 0.172. The van der Waals surface area contributed by atoms with E-state index in [1.54, 1.807) is 0 Å². The molecule has 0 amide bonds. The topological polar surface area (TPSA) is 46.2 Å². The van der Waals surface area contributed by atoms with Crippen LogP contribution >= 0.6 is 0 Å². The summed E-state index contributed by atoms with van der Waals surface area (Å²) in [7, 11) is -2.85. The Morgan fingerprint density at radius 3 is 2.47 bits per heavy atom. The molecule has 3 nitrogen and oxygen atoms in total. The van der Waals surface area contributed by atoms with E-state index in [1.807, 2.05) is 0 Å². The van der Waals surface area contributed by atoms with Gasteiger partial charge in [0.25, 0.3) is 0 Å². The quantitative estimate of drug-likeness (QED) is 0.726. The number of hydrogen-bond acceptors (Lipinski definition) is 3. The fraction of sp³-hybridized carbons (Fsp3) is 1.00. The van der Waals surface area contributed by atoms with E-state index >= 15 is 0 Å². The van der Waals surface area contributed by atoms with Gasteiger partial charge in [0.15, 0.2) is 0 Å². The Hall–Kier alpha value is -0.0900. The van der Waals surface area contributed by atoms with E-state index in [-0.39, 0.29) is 6.04 Å². The van der Waals surface area contributed by atoms with E-state index < -0.39 is 9.84 Å². The number of sulfone groups is 1. The SMILES string of the molecule is CCCNC(CC1CCC1)CS(C)(=O)=O. The molecule has 1 fully saturated rings. The molecule has 0 radical (unpaired) electrons. The van der Waals surface area contributed by atoms with Crippen molar-refractivity contribution in [3.63, 3.8) is 0 Å². The van der Waals surface area contributed by atoms with Gasteiger partial charge in [-0.1, -0.05) is 26.2 Å². The predicted molar refractivity (Wildman–Crippen MR) is 63.8 cm³/mol. The van der Waals surface area contributed by atoms with Crippen LogP contribution in [0.3, 0.4) is 0 Å². The maximum atomic E-state index is 11.3. The van der Waals surface area contributed by atoms with Crippen LogP contribution in [0.15, 0.2) is 0 Å². The second-order valence-electron chi connectivity index (χ2n) is 4.78. The molecule has 0 aromatic carbocycles. The minimum Gasteiger partial charge on any atom is -0.313 e. The van der Waals surface area contributed by atoms with Crippen molar-refractivity contribution in [2.45, 2.75) is 45.1 Å². The molecule has 1 unspecified atom stereocenters. The lowest BCUT2D eigenvalue weighted by Crippen LogP contribution is -2.38. The average molecular weight is 233 g/mol. The van der Waals surface area contributed by atoms with E-state index in [4.69, 9.17) is 0 Å². The molecule has 0 spiro atoms. The maximum absolute atomic E-state index is 11.3. The summed E-state index contributed by atoms with van der Waals surface area (Å²) >= 11 is 0. The highest BCUT2D eigenvalue weighted by Crippen LogP contribution is 2.30. The van der Waals surface area contributed by atoms with Crippen molar-refractivity contribution < 1.29 is 8.42 Å². The third-order valence-electron chi connectivity index (χ3n) is 3.03. The molecule has 15 heavy (non-hydrogen) atoms. The van der Waals surface area contributed by atoms with Crippen LogP contribution in [-0.2, 0) is 9.84 Å². The van der Waals surface area contributed by atoms with Gasteiger partial charge in [-0.25, -0.2) is 8.42 Å². The molecule has 4 heteroatoms. The highest BCUT2D eigenvalue weighted by Gasteiger charge is 2.23. The largest absolute Gasteiger partial charge is 0.313 e. The first kappa shape index (κ1) is 13.0. The van der Waals surface area contributed by atoms with Gasteiger partial charge in [-0.3, -0.25) is 0 Å². The molecule has 1 saturated carbocycles. The first-order valence-electron chi connectivity index (χ1n) is 5.92. The molecule has 1 N–H and O–H groups in total. The normalized spacial score (nSPS) is 19.9. The standard InChI is InChI=1S/C11H23NO2S/c1-3-7-12-11(9-15(2,13)14)8-10-5-4-6-10/h10-12H,3-9H2,1-2H3. The summed E-state index contributed by atoms with van der Waals surface area (Å²) in [5.41, 5.74) is 0. The zero-order valence-electron chi connectivity index (χ0n) is 9.83. The molecule has 0 heterocycles. The van der Waals surface area contributed by atoms with Crippen molar-refractivity contribution in [1.29, 1.82) is 0 Å². The smallest absolute Gasteiger partial charge is 0.148 e. The summed E-state index contributed by atoms with van der Waals surface area (Å²) in [4.78, 5) is 0. The van der Waals surface area contributed by atoms with Crippen LogP contribution in [0.2, 0.25) is 0 Å². The molecule has 1 aliphatic carbocycles. The van der Waals surface area contributed by atoms with Crippen LogP contribution in [0, 0.1) is 5.92 Å². The molecular weight excluding hydrogens is 210 g/mol. The minimum atomic E-state index is -2.85. The van der Waals surface area contributed by atoms with E-state index in [9.17, 15) is 8.42 Å². The summed E-state index contributed by atoms with van der Waals surface area (Å²) in [5.74, 6) is 1.06. The lowest BCUT2D eigenvalue weighted by atomic mass is 9.81. The van der Waals surface area contributed by atoms with E-state index in [2.05, 4.69) is 12.2 Å². The van der Waals surface area contributed by atoms with Gasteiger partial charge in [0.2, 0.25) is 0 Å². The minimum absolute atomic E-state index is 0.172. The predicted octanol–water partition coefficient (Wildman–Crippen LogP) is 1.59. The maximum Gasteiger partial charge on any atom is 0.148 e. The summed E-state index contributed by atoms with van der Waals surface area (Å²) in [6.07, 6.45) is 7.32. The monoisotopic (exact) mass is 233 g/mol. The van der Waals surface area contributed by atoms with Gasteiger partial charge >= 0.3 is 0 Å². The fourth-order valence-electron chi connectivity index (χ4n) is 2.06. The third kappa shape index (κ3) is 5.52. The molecule has 0 aromatic rings. The van der Waals surface area contributed by atoms with Gasteiger partial charge in [-0.05, 0) is 25.3 Å². The molecule has 0 aromatic heterocycles. The van der Waals surface area contributed by atoms with Crippen molar-refractivity contribution in [3.8, 4) is 0 Å². The first-order chi connectivity index (χ1) is 7.01. The molecule has 0 aliphatic heterocycles. The lowest BCUT2D eigenvalue weighted by Gasteiger charge is -2.29. The molecule has 0 saturated heterocycles. The lowest BCUT2D eigenvalue weighted by molar-refractivity contribution is 0.267. The van der Waals surface area contributed by atoms with E-state index in [0.29, 0.717) is 5.75 Å². The molecular formula is C11H23NO2S. The van der Waals surface area contributed by atoms with Gasteiger partial charge in [-0.15, -0.1) is 0 Å². The Kier molecular flexibility index (Phi) is 5.06. The Morgan fingerprint density at radius 2 is 2.07 bits per heavy atom. The fourth-order valence-corrected chi connectivity index (χ4v) is 3.04.